The van der Waals surface area contributed by atoms with Crippen LogP contribution in [-0.4, -0.2) is 82.5 Å². The fraction of sp³-hybridized carbons (Fsp3) is 0.872. The minimum Gasteiger partial charge on any atom is -0.346 e. The number of ketones is 4. The molecule has 2 aliphatic heterocycles. The van der Waals surface area contributed by atoms with Crippen LogP contribution < -0.4 is 5.32 Å². The molecular weight excluding hydrogens is 703 g/mol. The molecule has 2 amide bonds. The van der Waals surface area contributed by atoms with E-state index >= 15 is 4.79 Å². The Kier molecular flexibility index (Phi) is 12.9. The van der Waals surface area contributed by atoms with Gasteiger partial charge in [-0.05, 0) is 113 Å². The Labute approximate surface area is 338 Å². The number of nitrogens with zero attached hydrogens (tertiary/aromatic N) is 2. The molecule has 6 rings (SSSR count). The van der Waals surface area contributed by atoms with Crippen LogP contribution in [0, 0.1) is 51.2 Å². The van der Waals surface area contributed by atoms with Crippen LogP contribution in [-0.2, 0) is 28.8 Å². The van der Waals surface area contributed by atoms with Crippen molar-refractivity contribution in [3.05, 3.63) is 0 Å². The van der Waals surface area contributed by atoms with Gasteiger partial charge in [0.1, 0.15) is 0 Å². The molecule has 6 fully saturated rings. The molecule has 9 nitrogen and oxygen atoms in total. The smallest absolute Gasteiger partial charge is 0.227 e. The van der Waals surface area contributed by atoms with E-state index in [1.54, 1.807) is 0 Å². The molecule has 6 aliphatic rings. The second-order valence-corrected chi connectivity index (χ2v) is 21.3. The van der Waals surface area contributed by atoms with Gasteiger partial charge < -0.3 is 15.1 Å². The van der Waals surface area contributed by atoms with Gasteiger partial charge in [0, 0.05) is 55.6 Å². The molecule has 2 spiro atoms. The predicted molar refractivity (Wildman–Crippen MR) is 219 cm³/mol. The molecule has 0 radical (unpaired) electrons. The van der Waals surface area contributed by atoms with Crippen LogP contribution in [0.25, 0.3) is 0 Å². The van der Waals surface area contributed by atoms with Crippen molar-refractivity contribution in [1.82, 2.24) is 15.1 Å². The third-order valence-corrected chi connectivity index (χ3v) is 16.4. The zero-order chi connectivity index (χ0) is 40.8. The Balaban J connectivity index is 1.24. The lowest BCUT2D eigenvalue weighted by Gasteiger charge is -2.38. The highest BCUT2D eigenvalue weighted by Gasteiger charge is 2.85. The second kappa shape index (κ2) is 16.7. The molecule has 4 aliphatic carbocycles. The lowest BCUT2D eigenvalue weighted by atomic mass is 9.73. The van der Waals surface area contributed by atoms with Crippen LogP contribution in [0.2, 0.25) is 0 Å². The van der Waals surface area contributed by atoms with Crippen molar-refractivity contribution < 1.29 is 28.8 Å². The monoisotopic (exact) mass is 778 g/mol. The Bertz CT molecular complexity index is 1510. The quantitative estimate of drug-likeness (QED) is 0.149. The Morgan fingerprint density at radius 1 is 0.839 bits per heavy atom. The Morgan fingerprint density at radius 2 is 1.52 bits per heavy atom. The summed E-state index contributed by atoms with van der Waals surface area (Å²) in [5.41, 5.74) is -0.699. The van der Waals surface area contributed by atoms with E-state index in [4.69, 9.17) is 0 Å². The number of hydrogen-bond acceptors (Lipinski definition) is 7. The Morgan fingerprint density at radius 3 is 2.07 bits per heavy atom. The molecule has 2 saturated heterocycles. The summed E-state index contributed by atoms with van der Waals surface area (Å²) in [7, 11) is 0. The third kappa shape index (κ3) is 8.24. The highest BCUT2D eigenvalue weighted by atomic mass is 16.2. The minimum absolute atomic E-state index is 0.0120. The maximum Gasteiger partial charge on any atom is 0.227 e. The number of likely N-dealkylation sites (tertiary alicyclic amines) is 2. The van der Waals surface area contributed by atoms with Gasteiger partial charge in [-0.3, -0.25) is 28.8 Å². The molecule has 0 unspecified atom stereocenters. The first kappa shape index (κ1) is 43.2. The summed E-state index contributed by atoms with van der Waals surface area (Å²) in [4.78, 5) is 89.2. The lowest BCUT2D eigenvalue weighted by Crippen LogP contribution is -2.53. The molecule has 0 aromatic rings. The van der Waals surface area contributed by atoms with Crippen molar-refractivity contribution in [2.75, 3.05) is 19.6 Å². The molecule has 6 atom stereocenters. The highest BCUT2D eigenvalue weighted by molar-refractivity contribution is 6.38. The molecule has 0 bridgehead atoms. The van der Waals surface area contributed by atoms with E-state index in [1.165, 1.54) is 0 Å². The summed E-state index contributed by atoms with van der Waals surface area (Å²) in [5.74, 6) is -2.31. The van der Waals surface area contributed by atoms with E-state index in [1.807, 2.05) is 32.6 Å². The maximum atomic E-state index is 15.2. The predicted octanol–water partition coefficient (Wildman–Crippen LogP) is 7.90. The number of carbonyl (C=O) groups is 6. The van der Waals surface area contributed by atoms with Crippen molar-refractivity contribution >= 4 is 34.9 Å². The van der Waals surface area contributed by atoms with Crippen molar-refractivity contribution in [3.8, 4) is 0 Å². The summed E-state index contributed by atoms with van der Waals surface area (Å²) in [5, 5.41) is 3.28. The van der Waals surface area contributed by atoms with Gasteiger partial charge in [-0.1, -0.05) is 73.6 Å². The number of nitrogens with one attached hydrogen (secondary N) is 1. The average Bonchev–Trinajstić information content (AvgIpc) is 3.96. The van der Waals surface area contributed by atoms with E-state index in [2.05, 4.69) is 37.9 Å². The molecular formula is C47H75N3O6. The standard InChI is InChI=1S/C47H75N3O6/c1-9-15-33(41(54)39(53)24-31-19-20-31)25-37(51)36-27-47(45(7,8)46(47)21-14-22-46)29-50(36)43(56)35(44(4,5)6)26-38(52)40(32-16-11-10-12-17-32)48-42(55)34-18-13-23-49(28-34)30(2)3/h30-36,40H,9-29H2,1-8H3,(H,48,55)/t33-,34-,35-,36+,40+,47-/m1/s1. The molecule has 0 aromatic heterocycles. The van der Waals surface area contributed by atoms with Crippen LogP contribution in [0.5, 0.6) is 0 Å². The zero-order valence-electron chi connectivity index (χ0n) is 36.3. The van der Waals surface area contributed by atoms with Crippen molar-refractivity contribution in [3.63, 3.8) is 0 Å². The molecule has 56 heavy (non-hydrogen) atoms. The Hall–Kier alpha value is -2.42. The second-order valence-electron chi connectivity index (χ2n) is 21.3. The number of rotatable bonds is 17. The number of amides is 2. The van der Waals surface area contributed by atoms with Crippen LogP contribution in [0.4, 0.5) is 0 Å². The molecule has 0 aromatic carbocycles. The van der Waals surface area contributed by atoms with E-state index in [0.29, 0.717) is 44.3 Å². The molecule has 9 heteroatoms. The maximum absolute atomic E-state index is 15.2. The van der Waals surface area contributed by atoms with Gasteiger partial charge in [0.25, 0.3) is 0 Å². The average molecular weight is 778 g/mol. The summed E-state index contributed by atoms with van der Waals surface area (Å²) >= 11 is 0. The SMILES string of the molecule is CCC[C@H](CC(=O)[C@@H]1C[C@@]2(CN1C(=O)[C@@H](CC(=O)[C@@H](NC(=O)[C@@H]1CCCN(C(C)C)C1)C1CCCCC1)C(C)(C)C)C(C)(C)C21CCC1)C(=O)C(=O)CC1CC1. The van der Waals surface area contributed by atoms with Gasteiger partial charge >= 0.3 is 0 Å². The number of fused-ring (bicyclic) bond motifs is 1. The summed E-state index contributed by atoms with van der Waals surface area (Å²) in [6, 6.07) is -0.961. The van der Waals surface area contributed by atoms with Crippen molar-refractivity contribution in [2.45, 2.75) is 189 Å². The first-order valence-corrected chi connectivity index (χ1v) is 22.8. The van der Waals surface area contributed by atoms with E-state index in [9.17, 15) is 24.0 Å². The first-order chi connectivity index (χ1) is 26.4. The molecule has 314 valence electrons. The van der Waals surface area contributed by atoms with Crippen molar-refractivity contribution in [1.29, 1.82) is 0 Å². The van der Waals surface area contributed by atoms with E-state index in [0.717, 1.165) is 83.6 Å². The van der Waals surface area contributed by atoms with Gasteiger partial charge in [-0.25, -0.2) is 0 Å². The first-order valence-electron chi connectivity index (χ1n) is 22.8. The number of Topliss-reactive ketones (excluding diaryl/α,β-unsaturated/α-hetero) is 4. The van der Waals surface area contributed by atoms with Gasteiger partial charge in [-0.15, -0.1) is 0 Å². The zero-order valence-corrected chi connectivity index (χ0v) is 36.3. The molecule has 4 saturated carbocycles. The van der Waals surface area contributed by atoms with Gasteiger partial charge in [0.15, 0.2) is 17.3 Å². The van der Waals surface area contributed by atoms with Gasteiger partial charge in [0.05, 0.1) is 18.0 Å². The number of hydrogen-bond donors (Lipinski definition) is 1. The normalized spacial score (nSPS) is 29.1. The molecule has 1 N–H and O–H groups in total. The van der Waals surface area contributed by atoms with Crippen LogP contribution in [0.3, 0.4) is 0 Å². The number of carbonyl (C=O) groups excluding carboxylic acids is 6. The lowest BCUT2D eigenvalue weighted by molar-refractivity contribution is -0.147. The fourth-order valence-corrected chi connectivity index (χ4v) is 12.3. The number of piperidine rings is 1. The van der Waals surface area contributed by atoms with Gasteiger partial charge in [0.2, 0.25) is 17.6 Å². The van der Waals surface area contributed by atoms with Gasteiger partial charge in [-0.2, -0.15) is 0 Å². The third-order valence-electron chi connectivity index (χ3n) is 16.4. The highest BCUT2D eigenvalue weighted by Crippen LogP contribution is 2.88. The summed E-state index contributed by atoms with van der Waals surface area (Å²) < 4.78 is 0. The fourth-order valence-electron chi connectivity index (χ4n) is 12.3. The van der Waals surface area contributed by atoms with E-state index in [-0.39, 0.29) is 76.5 Å². The minimum atomic E-state index is -0.684. The van der Waals surface area contributed by atoms with Crippen LogP contribution in [0.1, 0.15) is 171 Å². The summed E-state index contributed by atoms with van der Waals surface area (Å²) in [6.07, 6.45) is 14.0. The van der Waals surface area contributed by atoms with Crippen LogP contribution in [0.15, 0.2) is 0 Å². The van der Waals surface area contributed by atoms with E-state index < -0.39 is 35.1 Å². The summed E-state index contributed by atoms with van der Waals surface area (Å²) in [6.45, 7) is 19.1. The van der Waals surface area contributed by atoms with Crippen LogP contribution >= 0.6 is 0 Å². The van der Waals surface area contributed by atoms with Crippen molar-refractivity contribution in [2.24, 2.45) is 51.2 Å². The molecule has 2 heterocycles. The topological polar surface area (TPSA) is 121 Å². The largest absolute Gasteiger partial charge is 0.346 e.